The SMILES string of the molecule is Cc1cc(Cn2cc(C(=O)O)nn2)ccc1N1CCN2CCCCC2C1=O. The molecule has 0 radical (unpaired) electrons. The predicted molar refractivity (Wildman–Crippen MR) is 98.8 cm³/mol. The van der Waals surface area contributed by atoms with Crippen molar-refractivity contribution in [2.45, 2.75) is 38.8 Å². The molecule has 1 unspecified atom stereocenters. The number of benzene rings is 1. The third-order valence-corrected chi connectivity index (χ3v) is 5.43. The van der Waals surface area contributed by atoms with Gasteiger partial charge in [-0.1, -0.05) is 23.8 Å². The maximum Gasteiger partial charge on any atom is 0.358 e. The summed E-state index contributed by atoms with van der Waals surface area (Å²) in [6.07, 6.45) is 4.67. The first-order valence-electron chi connectivity index (χ1n) is 9.31. The van der Waals surface area contributed by atoms with Crippen LogP contribution >= 0.6 is 0 Å². The Kier molecular flexibility index (Phi) is 4.65. The van der Waals surface area contributed by atoms with Gasteiger partial charge in [0.15, 0.2) is 5.69 Å². The lowest BCUT2D eigenvalue weighted by molar-refractivity contribution is -0.127. The van der Waals surface area contributed by atoms with Gasteiger partial charge in [-0.3, -0.25) is 9.69 Å². The zero-order chi connectivity index (χ0) is 19.0. The summed E-state index contributed by atoms with van der Waals surface area (Å²) in [5.41, 5.74) is 2.91. The minimum atomic E-state index is -1.09. The van der Waals surface area contributed by atoms with Gasteiger partial charge < -0.3 is 10.0 Å². The summed E-state index contributed by atoms with van der Waals surface area (Å²) in [6, 6.07) is 6.00. The third kappa shape index (κ3) is 3.44. The minimum Gasteiger partial charge on any atom is -0.476 e. The fourth-order valence-corrected chi connectivity index (χ4v) is 4.08. The number of hydrogen-bond donors (Lipinski definition) is 1. The van der Waals surface area contributed by atoms with Gasteiger partial charge in [0, 0.05) is 18.8 Å². The van der Waals surface area contributed by atoms with Gasteiger partial charge in [-0.25, -0.2) is 9.48 Å². The van der Waals surface area contributed by atoms with Crippen LogP contribution in [-0.2, 0) is 11.3 Å². The molecule has 1 N–H and O–H groups in total. The first-order valence-corrected chi connectivity index (χ1v) is 9.31. The van der Waals surface area contributed by atoms with Crippen molar-refractivity contribution in [3.63, 3.8) is 0 Å². The Balaban J connectivity index is 1.51. The highest BCUT2D eigenvalue weighted by Crippen LogP contribution is 2.28. The summed E-state index contributed by atoms with van der Waals surface area (Å²) in [5.74, 6) is -0.882. The van der Waals surface area contributed by atoms with Crippen LogP contribution in [0.1, 0.15) is 40.9 Å². The van der Waals surface area contributed by atoms with Crippen molar-refractivity contribution in [1.82, 2.24) is 19.9 Å². The van der Waals surface area contributed by atoms with Crippen molar-refractivity contribution < 1.29 is 14.7 Å². The topological polar surface area (TPSA) is 91.6 Å². The molecule has 2 aromatic rings. The Morgan fingerprint density at radius 3 is 2.85 bits per heavy atom. The quantitative estimate of drug-likeness (QED) is 0.879. The first kappa shape index (κ1) is 17.7. The zero-order valence-corrected chi connectivity index (χ0v) is 15.3. The molecule has 2 fully saturated rings. The average molecular weight is 369 g/mol. The monoisotopic (exact) mass is 369 g/mol. The minimum absolute atomic E-state index is 0.0242. The number of amides is 1. The van der Waals surface area contributed by atoms with Crippen molar-refractivity contribution in [1.29, 1.82) is 0 Å². The molecule has 0 bridgehead atoms. The summed E-state index contributed by atoms with van der Waals surface area (Å²) in [7, 11) is 0. The maximum absolute atomic E-state index is 13.0. The number of carboxylic acids is 1. The normalized spacial score (nSPS) is 20.6. The Bertz CT molecular complexity index is 878. The second kappa shape index (κ2) is 7.11. The summed E-state index contributed by atoms with van der Waals surface area (Å²) >= 11 is 0. The summed E-state index contributed by atoms with van der Waals surface area (Å²) in [4.78, 5) is 28.1. The molecule has 8 heteroatoms. The number of aromatic carboxylic acids is 1. The van der Waals surface area contributed by atoms with Crippen LogP contribution in [-0.4, -0.2) is 62.6 Å². The molecule has 0 aliphatic carbocycles. The van der Waals surface area contributed by atoms with E-state index in [1.807, 2.05) is 30.0 Å². The van der Waals surface area contributed by atoms with Crippen LogP contribution in [0.4, 0.5) is 5.69 Å². The largest absolute Gasteiger partial charge is 0.476 e. The zero-order valence-electron chi connectivity index (χ0n) is 15.3. The highest BCUT2D eigenvalue weighted by Gasteiger charge is 2.36. The number of hydrogen-bond acceptors (Lipinski definition) is 5. The van der Waals surface area contributed by atoms with Gasteiger partial charge in [0.25, 0.3) is 0 Å². The van der Waals surface area contributed by atoms with Gasteiger partial charge in [0.1, 0.15) is 0 Å². The highest BCUT2D eigenvalue weighted by atomic mass is 16.4. The van der Waals surface area contributed by atoms with Crippen molar-refractivity contribution >= 4 is 17.6 Å². The van der Waals surface area contributed by atoms with E-state index >= 15 is 0 Å². The van der Waals surface area contributed by atoms with Crippen LogP contribution in [0.5, 0.6) is 0 Å². The molecule has 2 aliphatic heterocycles. The van der Waals surface area contributed by atoms with Crippen LogP contribution in [0.25, 0.3) is 0 Å². The van der Waals surface area contributed by atoms with Gasteiger partial charge in [-0.05, 0) is 43.5 Å². The van der Waals surface area contributed by atoms with Crippen LogP contribution in [0.3, 0.4) is 0 Å². The number of fused-ring (bicyclic) bond motifs is 1. The summed E-state index contributed by atoms with van der Waals surface area (Å²) < 4.78 is 1.50. The van der Waals surface area contributed by atoms with E-state index in [0.29, 0.717) is 6.54 Å². The van der Waals surface area contributed by atoms with Gasteiger partial charge in [0.2, 0.25) is 5.91 Å². The molecule has 27 heavy (non-hydrogen) atoms. The number of piperidine rings is 1. The van der Waals surface area contributed by atoms with Crippen molar-refractivity contribution in [3.05, 3.63) is 41.2 Å². The average Bonchev–Trinajstić information content (AvgIpc) is 3.12. The number of carbonyl (C=O) groups is 2. The predicted octanol–water partition coefficient (Wildman–Crippen LogP) is 1.53. The van der Waals surface area contributed by atoms with Crippen molar-refractivity contribution in [3.8, 4) is 0 Å². The van der Waals surface area contributed by atoms with Crippen LogP contribution < -0.4 is 4.90 Å². The molecule has 0 spiro atoms. The second-order valence-corrected chi connectivity index (χ2v) is 7.26. The van der Waals surface area contributed by atoms with Crippen LogP contribution in [0, 0.1) is 6.92 Å². The molecule has 3 heterocycles. The number of aryl methyl sites for hydroxylation is 1. The number of piperazine rings is 1. The van der Waals surface area contributed by atoms with Crippen LogP contribution in [0.2, 0.25) is 0 Å². The standard InChI is InChI=1S/C19H23N5O3/c1-13-10-14(11-23-12-15(19(26)27)20-21-23)5-6-16(13)24-9-8-22-7-3-2-4-17(22)18(24)25/h5-6,10,12,17H,2-4,7-9,11H2,1H3,(H,26,27). The smallest absolute Gasteiger partial charge is 0.358 e. The molecule has 1 aromatic heterocycles. The number of carboxylic acid groups (broad SMARTS) is 1. The van der Waals surface area contributed by atoms with E-state index in [0.717, 1.165) is 49.3 Å². The van der Waals surface area contributed by atoms with Gasteiger partial charge in [-0.2, -0.15) is 0 Å². The molecular weight excluding hydrogens is 346 g/mol. The van der Waals surface area contributed by atoms with E-state index in [-0.39, 0.29) is 17.6 Å². The summed E-state index contributed by atoms with van der Waals surface area (Å²) in [5, 5.41) is 16.4. The van der Waals surface area contributed by atoms with E-state index in [1.54, 1.807) is 0 Å². The van der Waals surface area contributed by atoms with E-state index in [1.165, 1.54) is 17.3 Å². The molecule has 1 aromatic carbocycles. The molecule has 0 saturated carbocycles. The first-order chi connectivity index (χ1) is 13.0. The lowest BCUT2D eigenvalue weighted by Gasteiger charge is -2.43. The van der Waals surface area contributed by atoms with Crippen LogP contribution in [0.15, 0.2) is 24.4 Å². The number of nitrogens with zero attached hydrogens (tertiary/aromatic N) is 5. The molecular formula is C19H23N5O3. The Morgan fingerprint density at radius 1 is 1.26 bits per heavy atom. The van der Waals surface area contributed by atoms with E-state index < -0.39 is 5.97 Å². The number of rotatable bonds is 4. The molecule has 4 rings (SSSR count). The van der Waals surface area contributed by atoms with E-state index in [2.05, 4.69) is 15.2 Å². The molecule has 2 saturated heterocycles. The molecule has 8 nitrogen and oxygen atoms in total. The number of aromatic nitrogens is 3. The van der Waals surface area contributed by atoms with E-state index in [9.17, 15) is 9.59 Å². The lowest BCUT2D eigenvalue weighted by atomic mass is 9.97. The van der Waals surface area contributed by atoms with E-state index in [4.69, 9.17) is 5.11 Å². The van der Waals surface area contributed by atoms with Gasteiger partial charge in [-0.15, -0.1) is 5.10 Å². The molecule has 2 aliphatic rings. The lowest BCUT2D eigenvalue weighted by Crippen LogP contribution is -2.58. The highest BCUT2D eigenvalue weighted by molar-refractivity contribution is 5.98. The molecule has 1 atom stereocenters. The third-order valence-electron chi connectivity index (χ3n) is 5.43. The maximum atomic E-state index is 13.0. The van der Waals surface area contributed by atoms with Gasteiger partial charge >= 0.3 is 5.97 Å². The number of anilines is 1. The Labute approximate surface area is 157 Å². The Hall–Kier alpha value is -2.74. The summed E-state index contributed by atoms with van der Waals surface area (Å²) in [6.45, 7) is 5.11. The van der Waals surface area contributed by atoms with Gasteiger partial charge in [0.05, 0.1) is 18.8 Å². The van der Waals surface area contributed by atoms with Crippen molar-refractivity contribution in [2.24, 2.45) is 0 Å². The Morgan fingerprint density at radius 2 is 2.11 bits per heavy atom. The molecule has 142 valence electrons. The van der Waals surface area contributed by atoms with Crippen molar-refractivity contribution in [2.75, 3.05) is 24.5 Å². The fraction of sp³-hybridized carbons (Fsp3) is 0.474. The molecule has 1 amide bonds. The fourth-order valence-electron chi connectivity index (χ4n) is 4.08. The number of carbonyl (C=O) groups excluding carboxylic acids is 1. The second-order valence-electron chi connectivity index (χ2n) is 7.26.